The zero-order chi connectivity index (χ0) is 19.5. The van der Waals surface area contributed by atoms with E-state index < -0.39 is 5.79 Å². The van der Waals surface area contributed by atoms with Crippen LogP contribution in [0.5, 0.6) is 0 Å². The fraction of sp³-hybridized carbons (Fsp3) is 0.600. The summed E-state index contributed by atoms with van der Waals surface area (Å²) in [5.74, 6) is -0.326. The Balaban J connectivity index is 2.27. The van der Waals surface area contributed by atoms with E-state index in [9.17, 15) is 0 Å². The standard InChI is InChI=1S/C25H38O2/c1-5-8-9-10-11-12-18-22(6-2)25(26-4,27-7-3)24-20-15-17-21-16-13-14-19-23(21)24/h13-17,19-20,22H,5-12,18H2,1-4H3. The molecular formula is C25H38O2. The molecule has 0 saturated carbocycles. The van der Waals surface area contributed by atoms with Gasteiger partial charge in [-0.1, -0.05) is 94.8 Å². The number of benzene rings is 2. The summed E-state index contributed by atoms with van der Waals surface area (Å²) in [5, 5.41) is 2.47. The van der Waals surface area contributed by atoms with E-state index in [0.717, 1.165) is 12.8 Å². The summed E-state index contributed by atoms with van der Waals surface area (Å²) in [6.07, 6.45) is 10.1. The van der Waals surface area contributed by atoms with E-state index in [-0.39, 0.29) is 0 Å². The molecule has 0 aliphatic carbocycles. The molecule has 2 aromatic carbocycles. The Bertz CT molecular complexity index is 661. The molecular weight excluding hydrogens is 332 g/mol. The van der Waals surface area contributed by atoms with Gasteiger partial charge in [0.1, 0.15) is 0 Å². The van der Waals surface area contributed by atoms with Crippen LogP contribution in [0.2, 0.25) is 0 Å². The summed E-state index contributed by atoms with van der Waals surface area (Å²) in [5.41, 5.74) is 1.17. The van der Waals surface area contributed by atoms with Crippen molar-refractivity contribution in [2.24, 2.45) is 5.92 Å². The average molecular weight is 371 g/mol. The Morgan fingerprint density at radius 1 is 0.852 bits per heavy atom. The van der Waals surface area contributed by atoms with Crippen molar-refractivity contribution in [2.45, 2.75) is 77.9 Å². The molecule has 150 valence electrons. The van der Waals surface area contributed by atoms with Crippen LogP contribution in [0, 0.1) is 5.92 Å². The van der Waals surface area contributed by atoms with Gasteiger partial charge < -0.3 is 9.47 Å². The van der Waals surface area contributed by atoms with Crippen molar-refractivity contribution >= 4 is 10.8 Å². The fourth-order valence-corrected chi connectivity index (χ4v) is 4.33. The van der Waals surface area contributed by atoms with Gasteiger partial charge in [-0.2, -0.15) is 0 Å². The molecule has 0 N–H and O–H groups in total. The third kappa shape index (κ3) is 5.33. The second kappa shape index (κ2) is 11.5. The quantitative estimate of drug-likeness (QED) is 0.269. The molecule has 0 heterocycles. The van der Waals surface area contributed by atoms with Gasteiger partial charge in [0, 0.05) is 25.2 Å². The summed E-state index contributed by atoms with van der Waals surface area (Å²) in [6.45, 7) is 7.24. The van der Waals surface area contributed by atoms with Gasteiger partial charge in [0.25, 0.3) is 0 Å². The molecule has 0 fully saturated rings. The monoisotopic (exact) mass is 370 g/mol. The molecule has 27 heavy (non-hydrogen) atoms. The topological polar surface area (TPSA) is 18.5 Å². The highest BCUT2D eigenvalue weighted by molar-refractivity contribution is 5.86. The van der Waals surface area contributed by atoms with Gasteiger partial charge in [-0.15, -0.1) is 0 Å². The normalized spacial score (nSPS) is 15.0. The van der Waals surface area contributed by atoms with Crippen LogP contribution in [-0.2, 0) is 15.3 Å². The summed E-state index contributed by atoms with van der Waals surface area (Å²) < 4.78 is 12.6. The Labute approximate surface area is 166 Å². The van der Waals surface area contributed by atoms with Crippen molar-refractivity contribution in [3.8, 4) is 0 Å². The van der Waals surface area contributed by atoms with Crippen molar-refractivity contribution in [1.29, 1.82) is 0 Å². The predicted molar refractivity (Wildman–Crippen MR) is 116 cm³/mol. The molecule has 2 aromatic rings. The van der Waals surface area contributed by atoms with E-state index in [2.05, 4.69) is 63.2 Å². The van der Waals surface area contributed by atoms with Crippen molar-refractivity contribution in [1.82, 2.24) is 0 Å². The third-order valence-corrected chi connectivity index (χ3v) is 5.76. The van der Waals surface area contributed by atoms with Crippen LogP contribution in [0.1, 0.15) is 77.7 Å². The molecule has 0 bridgehead atoms. The molecule has 0 aliphatic heterocycles. The third-order valence-electron chi connectivity index (χ3n) is 5.76. The first-order valence-corrected chi connectivity index (χ1v) is 10.9. The molecule has 0 saturated heterocycles. The van der Waals surface area contributed by atoms with Crippen molar-refractivity contribution < 1.29 is 9.47 Å². The van der Waals surface area contributed by atoms with Gasteiger partial charge in [-0.05, 0) is 30.5 Å². The van der Waals surface area contributed by atoms with Gasteiger partial charge >= 0.3 is 0 Å². The largest absolute Gasteiger partial charge is 0.349 e. The Morgan fingerprint density at radius 3 is 2.26 bits per heavy atom. The molecule has 2 unspecified atom stereocenters. The highest BCUT2D eigenvalue weighted by Gasteiger charge is 2.41. The van der Waals surface area contributed by atoms with Crippen LogP contribution < -0.4 is 0 Å². The number of hydrogen-bond donors (Lipinski definition) is 0. The first kappa shape index (κ1) is 21.9. The summed E-state index contributed by atoms with van der Waals surface area (Å²) >= 11 is 0. The molecule has 2 nitrogen and oxygen atoms in total. The number of ether oxygens (including phenoxy) is 2. The van der Waals surface area contributed by atoms with Crippen LogP contribution in [0.3, 0.4) is 0 Å². The van der Waals surface area contributed by atoms with Gasteiger partial charge in [0.05, 0.1) is 0 Å². The minimum Gasteiger partial charge on any atom is -0.349 e. The molecule has 0 aliphatic rings. The Kier molecular flexibility index (Phi) is 9.30. The van der Waals surface area contributed by atoms with Crippen molar-refractivity contribution in [3.05, 3.63) is 48.0 Å². The maximum atomic E-state index is 6.40. The Hall–Kier alpha value is -1.38. The summed E-state index contributed by atoms with van der Waals surface area (Å²) in [4.78, 5) is 0. The fourth-order valence-electron chi connectivity index (χ4n) is 4.33. The number of unbranched alkanes of at least 4 members (excludes halogenated alkanes) is 5. The van der Waals surface area contributed by atoms with E-state index in [1.807, 2.05) is 0 Å². The molecule has 2 heteroatoms. The van der Waals surface area contributed by atoms with E-state index >= 15 is 0 Å². The van der Waals surface area contributed by atoms with Crippen LogP contribution in [0.4, 0.5) is 0 Å². The first-order valence-electron chi connectivity index (χ1n) is 10.9. The van der Waals surface area contributed by atoms with Gasteiger partial charge in [0.2, 0.25) is 0 Å². The predicted octanol–water partition coefficient (Wildman–Crippen LogP) is 7.45. The summed E-state index contributed by atoms with van der Waals surface area (Å²) in [6, 6.07) is 15.0. The smallest absolute Gasteiger partial charge is 0.197 e. The van der Waals surface area contributed by atoms with Crippen LogP contribution in [0.15, 0.2) is 42.5 Å². The van der Waals surface area contributed by atoms with E-state index in [4.69, 9.17) is 9.47 Å². The van der Waals surface area contributed by atoms with Crippen LogP contribution in [0.25, 0.3) is 10.8 Å². The maximum Gasteiger partial charge on any atom is 0.197 e. The average Bonchev–Trinajstić information content (AvgIpc) is 2.71. The van der Waals surface area contributed by atoms with E-state index in [1.165, 1.54) is 54.9 Å². The lowest BCUT2D eigenvalue weighted by Gasteiger charge is -2.40. The second-order valence-corrected chi connectivity index (χ2v) is 7.49. The number of hydrogen-bond acceptors (Lipinski definition) is 2. The molecule has 2 atom stereocenters. The molecule has 0 amide bonds. The zero-order valence-electron chi connectivity index (χ0n) is 17.8. The zero-order valence-corrected chi connectivity index (χ0v) is 17.8. The lowest BCUT2D eigenvalue weighted by Crippen LogP contribution is -2.40. The highest BCUT2D eigenvalue weighted by Crippen LogP contribution is 2.42. The van der Waals surface area contributed by atoms with E-state index in [0.29, 0.717) is 12.5 Å². The number of fused-ring (bicyclic) bond motifs is 1. The summed E-state index contributed by atoms with van der Waals surface area (Å²) in [7, 11) is 1.81. The minimum absolute atomic E-state index is 0.347. The number of rotatable bonds is 13. The molecule has 0 spiro atoms. The lowest BCUT2D eigenvalue weighted by molar-refractivity contribution is -0.263. The minimum atomic E-state index is -0.673. The van der Waals surface area contributed by atoms with Crippen LogP contribution in [-0.4, -0.2) is 13.7 Å². The Morgan fingerprint density at radius 2 is 1.56 bits per heavy atom. The molecule has 0 radical (unpaired) electrons. The second-order valence-electron chi connectivity index (χ2n) is 7.49. The van der Waals surface area contributed by atoms with Gasteiger partial charge in [0.15, 0.2) is 5.79 Å². The SMILES string of the molecule is CCCCCCCCC(CC)C(OC)(OCC)c1cccc2ccccc12. The van der Waals surface area contributed by atoms with Gasteiger partial charge in [-0.3, -0.25) is 0 Å². The highest BCUT2D eigenvalue weighted by atomic mass is 16.7. The van der Waals surface area contributed by atoms with Crippen molar-refractivity contribution in [2.75, 3.05) is 13.7 Å². The molecule has 0 aromatic heterocycles. The lowest BCUT2D eigenvalue weighted by atomic mass is 9.83. The van der Waals surface area contributed by atoms with Crippen molar-refractivity contribution in [3.63, 3.8) is 0 Å². The number of methoxy groups -OCH3 is 1. The molecule has 2 rings (SSSR count). The van der Waals surface area contributed by atoms with E-state index in [1.54, 1.807) is 7.11 Å². The van der Waals surface area contributed by atoms with Gasteiger partial charge in [-0.25, -0.2) is 0 Å². The van der Waals surface area contributed by atoms with Crippen LogP contribution >= 0.6 is 0 Å². The maximum absolute atomic E-state index is 6.40. The first-order chi connectivity index (χ1) is 13.2.